The minimum atomic E-state index is -3.99. The van der Waals surface area contributed by atoms with Crippen molar-refractivity contribution in [3.05, 3.63) is 119 Å². The molecule has 3 aromatic rings. The van der Waals surface area contributed by atoms with Crippen LogP contribution in [0.5, 0.6) is 0 Å². The molecule has 0 aliphatic heterocycles. The van der Waals surface area contributed by atoms with Crippen molar-refractivity contribution in [3.8, 4) is 23.5 Å². The van der Waals surface area contributed by atoms with Crippen LogP contribution in [0, 0.1) is 12.3 Å². The maximum atomic E-state index is 12.8. The third-order valence-electron chi connectivity index (χ3n) is 5.06. The molecular weight excluding hydrogens is 454 g/mol. The molecule has 0 amide bonds. The Balaban J connectivity index is 0.000000367. The van der Waals surface area contributed by atoms with Crippen LogP contribution in [0.3, 0.4) is 0 Å². The molecule has 1 N–H and O–H groups in total. The molecule has 4 nitrogen and oxygen atoms in total. The van der Waals surface area contributed by atoms with Crippen molar-refractivity contribution >= 4 is 33.1 Å². The number of sulfonamides is 1. The summed E-state index contributed by atoms with van der Waals surface area (Å²) in [5.74, 6) is 2.01. The number of ketones is 1. The number of halogens is 1. The summed E-state index contributed by atoms with van der Waals surface area (Å²) in [7, 11) is -3.99. The fourth-order valence-corrected chi connectivity index (χ4v) is 4.64. The molecule has 0 bridgehead atoms. The molecule has 0 saturated heterocycles. The van der Waals surface area contributed by atoms with Crippen LogP contribution in [0.4, 0.5) is 5.69 Å². The number of benzene rings is 4. The van der Waals surface area contributed by atoms with E-state index in [1.54, 1.807) is 42.5 Å². The fraction of sp³-hybridized carbons (Fsp3) is 0. The molecule has 0 radical (unpaired) electrons. The van der Waals surface area contributed by atoms with Gasteiger partial charge in [-0.05, 0) is 41.5 Å². The number of anilines is 1. The minimum absolute atomic E-state index is 0.0411. The van der Waals surface area contributed by atoms with Gasteiger partial charge in [0.2, 0.25) is 0 Å². The molecule has 33 heavy (non-hydrogen) atoms. The van der Waals surface area contributed by atoms with E-state index in [9.17, 15) is 13.2 Å². The number of hydrogen-bond donors (Lipinski definition) is 1. The summed E-state index contributed by atoms with van der Waals surface area (Å²) in [4.78, 5) is 12.8. The molecule has 5 rings (SSSR count). The third-order valence-corrected chi connectivity index (χ3v) is 6.72. The van der Waals surface area contributed by atoms with Crippen molar-refractivity contribution in [2.24, 2.45) is 0 Å². The van der Waals surface area contributed by atoms with E-state index in [1.165, 1.54) is 41.5 Å². The van der Waals surface area contributed by atoms with Gasteiger partial charge in [-0.1, -0.05) is 84.3 Å². The van der Waals surface area contributed by atoms with E-state index in [2.05, 4.69) is 34.9 Å². The van der Waals surface area contributed by atoms with Gasteiger partial charge < -0.3 is 0 Å². The summed E-state index contributed by atoms with van der Waals surface area (Å²) >= 11 is 6.03. The lowest BCUT2D eigenvalue weighted by Gasteiger charge is -2.13. The first kappa shape index (κ1) is 22.3. The lowest BCUT2D eigenvalue weighted by atomic mass is 9.95. The molecule has 2 aliphatic rings. The summed E-state index contributed by atoms with van der Waals surface area (Å²) in [6.07, 6.45) is 5.40. The molecule has 0 atom stereocenters. The van der Waals surface area contributed by atoms with Crippen LogP contribution in [0.2, 0.25) is 5.02 Å². The van der Waals surface area contributed by atoms with Crippen LogP contribution in [-0.4, -0.2) is 14.2 Å². The summed E-state index contributed by atoms with van der Waals surface area (Å²) in [6, 6.07) is 27.6. The van der Waals surface area contributed by atoms with Crippen molar-refractivity contribution in [3.63, 3.8) is 0 Å². The monoisotopic (exact) mass is 471 g/mol. The average Bonchev–Trinajstić information content (AvgIpc) is 2.82. The number of carbonyl (C=O) groups is 1. The van der Waals surface area contributed by atoms with Gasteiger partial charge in [-0.3, -0.25) is 9.52 Å². The van der Waals surface area contributed by atoms with Crippen molar-refractivity contribution < 1.29 is 13.2 Å². The Hall–Kier alpha value is -3.85. The minimum Gasteiger partial charge on any atom is -0.289 e. The topological polar surface area (TPSA) is 63.2 Å². The summed E-state index contributed by atoms with van der Waals surface area (Å²) < 4.78 is 28.1. The van der Waals surface area contributed by atoms with Crippen LogP contribution in [0.1, 0.15) is 21.5 Å². The molecule has 0 saturated carbocycles. The van der Waals surface area contributed by atoms with Gasteiger partial charge in [-0.25, -0.2) is 8.42 Å². The van der Waals surface area contributed by atoms with E-state index in [0.717, 1.165) is 0 Å². The molecule has 0 unspecified atom stereocenters. The molecule has 0 heterocycles. The van der Waals surface area contributed by atoms with Gasteiger partial charge in [0.1, 0.15) is 4.90 Å². The number of carbonyl (C=O) groups excluding carboxylic acids is 1. The Bertz CT molecular complexity index is 1450. The van der Waals surface area contributed by atoms with Crippen LogP contribution in [0.15, 0.2) is 102 Å². The van der Waals surface area contributed by atoms with Gasteiger partial charge in [-0.15, -0.1) is 6.42 Å². The molecule has 2 aliphatic carbocycles. The van der Waals surface area contributed by atoms with Gasteiger partial charge >= 0.3 is 0 Å². The Labute approximate surface area is 197 Å². The fourth-order valence-electron chi connectivity index (χ4n) is 3.22. The summed E-state index contributed by atoms with van der Waals surface area (Å²) in [6.45, 7) is 0. The van der Waals surface area contributed by atoms with E-state index < -0.39 is 10.0 Å². The quantitative estimate of drug-likeness (QED) is 0.252. The number of hydrogen-bond acceptors (Lipinski definition) is 3. The molecule has 3 aromatic carbocycles. The van der Waals surface area contributed by atoms with E-state index in [4.69, 9.17) is 18.0 Å². The van der Waals surface area contributed by atoms with Crippen LogP contribution < -0.4 is 4.72 Å². The molecule has 0 spiro atoms. The number of rotatable bonds is 5. The Morgan fingerprint density at radius 1 is 0.818 bits per heavy atom. The second kappa shape index (κ2) is 9.33. The highest BCUT2D eigenvalue weighted by Gasteiger charge is 2.22. The van der Waals surface area contributed by atoms with E-state index in [0.29, 0.717) is 10.6 Å². The predicted octanol–water partition coefficient (Wildman–Crippen LogP) is 6.02. The van der Waals surface area contributed by atoms with Gasteiger partial charge in [0.15, 0.2) is 5.78 Å². The standard InChI is InChI=1S/C21H14ClNO3S.C6H4/c1-2-15-8-6-7-11-20(15)27(25,26)23-19-13-12-17(22)14-18(19)21(24)16-9-4-3-5-10-16;1-2-6-4-3-5(1)6/h1,3-14,23H;1-4H. The largest absolute Gasteiger partial charge is 0.289 e. The second-order valence-corrected chi connectivity index (χ2v) is 9.30. The van der Waals surface area contributed by atoms with Crippen molar-refractivity contribution in [1.29, 1.82) is 0 Å². The highest BCUT2D eigenvalue weighted by molar-refractivity contribution is 7.92. The number of terminal acetylenes is 1. The summed E-state index contributed by atoms with van der Waals surface area (Å²) in [5.41, 5.74) is 3.78. The van der Waals surface area contributed by atoms with Gasteiger partial charge in [0, 0.05) is 21.7 Å². The molecule has 6 heteroatoms. The third kappa shape index (κ3) is 4.83. The number of nitrogens with one attached hydrogen (secondary N) is 1. The number of fused-ring (bicyclic) bond motifs is 1. The SMILES string of the molecule is C#Cc1ccccc1S(=O)(=O)Nc1ccc(Cl)cc1C(=O)c1ccccc1.c1cc2ccc1-2. The van der Waals surface area contributed by atoms with E-state index in [-0.39, 0.29) is 27.5 Å². The average molecular weight is 472 g/mol. The zero-order valence-electron chi connectivity index (χ0n) is 17.3. The predicted molar refractivity (Wildman–Crippen MR) is 132 cm³/mol. The Morgan fingerprint density at radius 3 is 2.00 bits per heavy atom. The normalized spacial score (nSPS) is 10.9. The molecule has 0 aromatic heterocycles. The lowest BCUT2D eigenvalue weighted by Crippen LogP contribution is -2.17. The van der Waals surface area contributed by atoms with Gasteiger partial charge in [0.25, 0.3) is 10.0 Å². The first-order chi connectivity index (χ1) is 15.9. The smallest absolute Gasteiger partial charge is 0.263 e. The van der Waals surface area contributed by atoms with Crippen molar-refractivity contribution in [2.45, 2.75) is 4.90 Å². The van der Waals surface area contributed by atoms with Gasteiger partial charge in [-0.2, -0.15) is 0 Å². The van der Waals surface area contributed by atoms with Crippen LogP contribution >= 0.6 is 11.6 Å². The second-order valence-electron chi connectivity index (χ2n) is 7.21. The van der Waals surface area contributed by atoms with E-state index >= 15 is 0 Å². The first-order valence-corrected chi connectivity index (χ1v) is 11.8. The zero-order valence-corrected chi connectivity index (χ0v) is 18.9. The van der Waals surface area contributed by atoms with Gasteiger partial charge in [0.05, 0.1) is 5.69 Å². The highest BCUT2D eigenvalue weighted by atomic mass is 35.5. The zero-order chi connectivity index (χ0) is 23.4. The maximum absolute atomic E-state index is 12.8. The first-order valence-electron chi connectivity index (χ1n) is 9.97. The Kier molecular flexibility index (Phi) is 6.32. The molecule has 0 fully saturated rings. The summed E-state index contributed by atoms with van der Waals surface area (Å²) in [5, 5.41) is 0.321. The van der Waals surface area contributed by atoms with Crippen LogP contribution in [-0.2, 0) is 10.0 Å². The van der Waals surface area contributed by atoms with E-state index in [1.807, 2.05) is 0 Å². The Morgan fingerprint density at radius 2 is 1.42 bits per heavy atom. The maximum Gasteiger partial charge on any atom is 0.263 e. The van der Waals surface area contributed by atoms with Crippen LogP contribution in [0.25, 0.3) is 11.1 Å². The highest BCUT2D eigenvalue weighted by Crippen LogP contribution is 2.29. The molecule has 162 valence electrons. The molecular formula is C27H18ClNO3S. The lowest BCUT2D eigenvalue weighted by molar-refractivity contribution is 0.103. The van der Waals surface area contributed by atoms with Crippen molar-refractivity contribution in [1.82, 2.24) is 0 Å². The van der Waals surface area contributed by atoms with Crippen molar-refractivity contribution in [2.75, 3.05) is 4.72 Å².